The normalized spacial score (nSPS) is 10.9. The van der Waals surface area contributed by atoms with Crippen LogP contribution in [0.5, 0.6) is 0 Å². The van der Waals surface area contributed by atoms with E-state index in [2.05, 4.69) is 0 Å². The van der Waals surface area contributed by atoms with Crippen molar-refractivity contribution in [1.29, 1.82) is 0 Å². The molecule has 1 heterocycles. The first-order valence-electron chi connectivity index (χ1n) is 6.05. The monoisotopic (exact) mass is 304 g/mol. The van der Waals surface area contributed by atoms with Gasteiger partial charge in [0, 0.05) is 10.9 Å². The third kappa shape index (κ3) is 2.03. The van der Waals surface area contributed by atoms with Crippen molar-refractivity contribution in [3.8, 4) is 0 Å². The van der Waals surface area contributed by atoms with E-state index in [9.17, 15) is 9.18 Å². The minimum absolute atomic E-state index is 0.163. The van der Waals surface area contributed by atoms with Crippen LogP contribution >= 0.6 is 22.9 Å². The van der Waals surface area contributed by atoms with Gasteiger partial charge in [-0.15, -0.1) is 11.3 Å². The standard InChI is InChI=1S/C16H10ClFOS/c1-9-8-20-16(14(9)17)15(19)12-6-7-13(18)11-5-3-2-4-10(11)12/h2-8H,1H3. The summed E-state index contributed by atoms with van der Waals surface area (Å²) in [5.41, 5.74) is 1.36. The van der Waals surface area contributed by atoms with Gasteiger partial charge in [0.2, 0.25) is 5.78 Å². The Labute approximate surface area is 124 Å². The van der Waals surface area contributed by atoms with Gasteiger partial charge in [0.1, 0.15) is 5.82 Å². The Hall–Kier alpha value is -1.71. The van der Waals surface area contributed by atoms with Gasteiger partial charge in [-0.3, -0.25) is 4.79 Å². The molecule has 0 N–H and O–H groups in total. The lowest BCUT2D eigenvalue weighted by Gasteiger charge is -2.06. The van der Waals surface area contributed by atoms with Crippen molar-refractivity contribution in [2.75, 3.05) is 0 Å². The van der Waals surface area contributed by atoms with Crippen LogP contribution in [0.1, 0.15) is 20.8 Å². The highest BCUT2D eigenvalue weighted by atomic mass is 35.5. The molecule has 0 spiro atoms. The first-order chi connectivity index (χ1) is 9.59. The Morgan fingerprint density at radius 2 is 1.85 bits per heavy atom. The lowest BCUT2D eigenvalue weighted by Crippen LogP contribution is -2.01. The van der Waals surface area contributed by atoms with Crippen molar-refractivity contribution in [1.82, 2.24) is 0 Å². The summed E-state index contributed by atoms with van der Waals surface area (Å²) < 4.78 is 13.8. The van der Waals surface area contributed by atoms with Gasteiger partial charge in [-0.25, -0.2) is 4.39 Å². The highest BCUT2D eigenvalue weighted by Gasteiger charge is 2.19. The molecule has 0 saturated carbocycles. The Balaban J connectivity index is 2.23. The molecular formula is C16H10ClFOS. The van der Waals surface area contributed by atoms with Crippen LogP contribution in [0.3, 0.4) is 0 Å². The van der Waals surface area contributed by atoms with E-state index in [0.29, 0.717) is 26.2 Å². The molecule has 0 fully saturated rings. The summed E-state index contributed by atoms with van der Waals surface area (Å²) in [6.45, 7) is 1.86. The summed E-state index contributed by atoms with van der Waals surface area (Å²) in [7, 11) is 0. The van der Waals surface area contributed by atoms with Crippen LogP contribution in [0, 0.1) is 12.7 Å². The molecule has 20 heavy (non-hydrogen) atoms. The highest BCUT2D eigenvalue weighted by molar-refractivity contribution is 7.13. The van der Waals surface area contributed by atoms with Gasteiger partial charge >= 0.3 is 0 Å². The molecule has 0 aliphatic rings. The van der Waals surface area contributed by atoms with E-state index >= 15 is 0 Å². The van der Waals surface area contributed by atoms with Gasteiger partial charge in [0.15, 0.2) is 0 Å². The molecule has 0 aliphatic heterocycles. The SMILES string of the molecule is Cc1csc(C(=O)c2ccc(F)c3ccccc23)c1Cl. The average Bonchev–Trinajstić information content (AvgIpc) is 2.79. The summed E-state index contributed by atoms with van der Waals surface area (Å²) in [6, 6.07) is 9.81. The largest absolute Gasteiger partial charge is 0.288 e. The number of thiophene rings is 1. The summed E-state index contributed by atoms with van der Waals surface area (Å²) >= 11 is 7.47. The molecular weight excluding hydrogens is 295 g/mol. The number of carbonyl (C=O) groups excluding carboxylic acids is 1. The van der Waals surface area contributed by atoms with Gasteiger partial charge in [-0.05, 0) is 35.4 Å². The molecule has 100 valence electrons. The van der Waals surface area contributed by atoms with Gasteiger partial charge in [-0.1, -0.05) is 35.9 Å². The number of aryl methyl sites for hydroxylation is 1. The van der Waals surface area contributed by atoms with Crippen LogP contribution in [0.15, 0.2) is 41.8 Å². The molecule has 0 unspecified atom stereocenters. The molecule has 0 saturated heterocycles. The molecule has 2 aromatic carbocycles. The van der Waals surface area contributed by atoms with Crippen LogP contribution in [-0.4, -0.2) is 5.78 Å². The number of carbonyl (C=O) groups is 1. The molecule has 1 nitrogen and oxygen atoms in total. The van der Waals surface area contributed by atoms with Gasteiger partial charge < -0.3 is 0 Å². The highest BCUT2D eigenvalue weighted by Crippen LogP contribution is 2.31. The summed E-state index contributed by atoms with van der Waals surface area (Å²) in [5.74, 6) is -0.491. The maximum atomic E-state index is 13.8. The minimum Gasteiger partial charge on any atom is -0.288 e. The summed E-state index contributed by atoms with van der Waals surface area (Å²) in [5, 5.41) is 3.39. The number of hydrogen-bond acceptors (Lipinski definition) is 2. The predicted octanol–water partition coefficient (Wildman–Crippen LogP) is 5.23. The quantitative estimate of drug-likeness (QED) is 0.592. The number of hydrogen-bond donors (Lipinski definition) is 0. The Bertz CT molecular complexity index is 822. The molecule has 4 heteroatoms. The zero-order valence-electron chi connectivity index (χ0n) is 10.6. The van der Waals surface area contributed by atoms with Gasteiger partial charge in [-0.2, -0.15) is 0 Å². The molecule has 1 aromatic heterocycles. The second kappa shape index (κ2) is 5.00. The van der Waals surface area contributed by atoms with Crippen molar-refractivity contribution in [3.63, 3.8) is 0 Å². The smallest absolute Gasteiger partial charge is 0.205 e. The number of ketones is 1. The van der Waals surface area contributed by atoms with E-state index in [4.69, 9.17) is 11.6 Å². The molecule has 0 amide bonds. The molecule has 3 aromatic rings. The number of benzene rings is 2. The lowest BCUT2D eigenvalue weighted by molar-refractivity contribution is 0.104. The fourth-order valence-corrected chi connectivity index (χ4v) is 3.40. The Morgan fingerprint density at radius 3 is 2.50 bits per heavy atom. The Morgan fingerprint density at radius 1 is 1.15 bits per heavy atom. The first-order valence-corrected chi connectivity index (χ1v) is 7.31. The maximum Gasteiger partial charge on any atom is 0.205 e. The second-order valence-electron chi connectivity index (χ2n) is 4.53. The third-order valence-corrected chi connectivity index (χ3v) is 4.92. The predicted molar refractivity (Wildman–Crippen MR) is 81.4 cm³/mol. The van der Waals surface area contributed by atoms with E-state index in [-0.39, 0.29) is 11.6 Å². The van der Waals surface area contributed by atoms with Crippen molar-refractivity contribution in [2.45, 2.75) is 6.92 Å². The van der Waals surface area contributed by atoms with Crippen molar-refractivity contribution >= 4 is 39.5 Å². The number of rotatable bonds is 2. The average molecular weight is 305 g/mol. The zero-order chi connectivity index (χ0) is 14.3. The Kier molecular flexibility index (Phi) is 3.32. The fourth-order valence-electron chi connectivity index (χ4n) is 2.17. The van der Waals surface area contributed by atoms with Crippen LogP contribution in [0.25, 0.3) is 10.8 Å². The number of halogens is 2. The van der Waals surface area contributed by atoms with Gasteiger partial charge in [0.25, 0.3) is 0 Å². The van der Waals surface area contributed by atoms with Crippen LogP contribution in [0.4, 0.5) is 4.39 Å². The first kappa shape index (κ1) is 13.3. The summed E-state index contributed by atoms with van der Waals surface area (Å²) in [4.78, 5) is 13.1. The van der Waals surface area contributed by atoms with E-state index in [1.54, 1.807) is 24.3 Å². The molecule has 0 radical (unpaired) electrons. The van der Waals surface area contributed by atoms with E-state index in [1.165, 1.54) is 23.5 Å². The molecule has 0 atom stereocenters. The third-order valence-electron chi connectivity index (χ3n) is 3.22. The zero-order valence-corrected chi connectivity index (χ0v) is 12.2. The van der Waals surface area contributed by atoms with Crippen molar-refractivity contribution in [3.05, 3.63) is 68.6 Å². The van der Waals surface area contributed by atoms with Crippen molar-refractivity contribution < 1.29 is 9.18 Å². The molecule has 0 bridgehead atoms. The van der Waals surface area contributed by atoms with Crippen LogP contribution in [0.2, 0.25) is 5.02 Å². The second-order valence-corrected chi connectivity index (χ2v) is 5.79. The number of fused-ring (bicyclic) bond motifs is 1. The molecule has 3 rings (SSSR count). The van der Waals surface area contributed by atoms with Crippen LogP contribution < -0.4 is 0 Å². The van der Waals surface area contributed by atoms with E-state index < -0.39 is 0 Å². The topological polar surface area (TPSA) is 17.1 Å². The van der Waals surface area contributed by atoms with Crippen LogP contribution in [-0.2, 0) is 0 Å². The van der Waals surface area contributed by atoms with E-state index in [1.807, 2.05) is 12.3 Å². The van der Waals surface area contributed by atoms with Gasteiger partial charge in [0.05, 0.1) is 9.90 Å². The maximum absolute atomic E-state index is 13.8. The minimum atomic E-state index is -0.328. The fraction of sp³-hybridized carbons (Fsp3) is 0.0625. The van der Waals surface area contributed by atoms with Crippen molar-refractivity contribution in [2.24, 2.45) is 0 Å². The summed E-state index contributed by atoms with van der Waals surface area (Å²) in [6.07, 6.45) is 0. The lowest BCUT2D eigenvalue weighted by atomic mass is 10.00. The molecule has 0 aliphatic carbocycles. The van der Waals surface area contributed by atoms with E-state index in [0.717, 1.165) is 5.56 Å².